The van der Waals surface area contributed by atoms with E-state index >= 15 is 0 Å². The maximum atomic E-state index is 11.7. The Morgan fingerprint density at radius 1 is 1.38 bits per heavy atom. The summed E-state index contributed by atoms with van der Waals surface area (Å²) in [6.07, 6.45) is 0.967. The first kappa shape index (κ1) is 8.91. The molecule has 2 rings (SSSR count). The maximum absolute atomic E-state index is 11.7. The van der Waals surface area contributed by atoms with Crippen LogP contribution in [0.5, 0.6) is 0 Å². The van der Waals surface area contributed by atoms with E-state index in [1.54, 1.807) is 0 Å². The Hall–Kier alpha value is -0.670. The summed E-state index contributed by atoms with van der Waals surface area (Å²) in [5.74, 6) is 0.207. The zero-order valence-electron chi connectivity index (χ0n) is 7.09. The van der Waals surface area contributed by atoms with Crippen molar-refractivity contribution in [2.24, 2.45) is 0 Å². The highest BCUT2D eigenvalue weighted by molar-refractivity contribution is 9.10. The molecule has 2 nitrogen and oxygen atoms in total. The van der Waals surface area contributed by atoms with Gasteiger partial charge in [0.25, 0.3) is 0 Å². The molecule has 1 aromatic rings. The summed E-state index contributed by atoms with van der Waals surface area (Å²) in [6.45, 7) is 0.965. The van der Waals surface area contributed by atoms with E-state index in [1.807, 2.05) is 24.3 Å². The van der Waals surface area contributed by atoms with Gasteiger partial charge in [-0.05, 0) is 25.1 Å². The monoisotopic (exact) mass is 239 g/mol. The normalized spacial score (nSPS) is 20.8. The molecule has 0 spiro atoms. The zero-order valence-corrected chi connectivity index (χ0v) is 8.67. The molecule has 1 aliphatic heterocycles. The highest BCUT2D eigenvalue weighted by Crippen LogP contribution is 2.14. The Balaban J connectivity index is 2.15. The fourth-order valence-electron chi connectivity index (χ4n) is 1.33. The second kappa shape index (κ2) is 3.60. The Morgan fingerprint density at radius 2 is 2.00 bits per heavy atom. The Bertz CT molecular complexity index is 316. The van der Waals surface area contributed by atoms with Crippen molar-refractivity contribution < 1.29 is 4.79 Å². The smallest absolute Gasteiger partial charge is 0.179 e. The van der Waals surface area contributed by atoms with Crippen LogP contribution in [-0.2, 0) is 0 Å². The van der Waals surface area contributed by atoms with Crippen LogP contribution in [0.4, 0.5) is 0 Å². The van der Waals surface area contributed by atoms with Crippen LogP contribution in [0.15, 0.2) is 28.7 Å². The van der Waals surface area contributed by atoms with E-state index in [4.69, 9.17) is 0 Å². The number of Topliss-reactive ketones (excluding diaryl/α,β-unsaturated/α-hetero) is 1. The van der Waals surface area contributed by atoms with Crippen LogP contribution in [-0.4, -0.2) is 18.4 Å². The molecular weight excluding hydrogens is 230 g/mol. The number of nitrogens with one attached hydrogen (secondary N) is 1. The van der Waals surface area contributed by atoms with Crippen molar-refractivity contribution in [3.8, 4) is 0 Å². The fraction of sp³-hybridized carbons (Fsp3) is 0.300. The quantitative estimate of drug-likeness (QED) is 0.801. The van der Waals surface area contributed by atoms with E-state index in [-0.39, 0.29) is 11.8 Å². The first-order valence-electron chi connectivity index (χ1n) is 4.30. The van der Waals surface area contributed by atoms with Crippen LogP contribution in [0.1, 0.15) is 16.8 Å². The minimum Gasteiger partial charge on any atom is -0.307 e. The summed E-state index contributed by atoms with van der Waals surface area (Å²) >= 11 is 3.34. The third kappa shape index (κ3) is 1.81. The molecule has 0 amide bonds. The van der Waals surface area contributed by atoms with Crippen molar-refractivity contribution in [2.45, 2.75) is 12.5 Å². The summed E-state index contributed by atoms with van der Waals surface area (Å²) in [5, 5.41) is 3.10. The third-order valence-corrected chi connectivity index (χ3v) is 2.80. The standard InChI is InChI=1S/C10H10BrNO/c11-8-3-1-7(2-4-8)10(13)9-5-6-12-9/h1-4,9,12H,5-6H2. The molecule has 1 heterocycles. The summed E-state index contributed by atoms with van der Waals surface area (Å²) in [5.41, 5.74) is 0.792. The SMILES string of the molecule is O=C(c1ccc(Br)cc1)C1CCN1. The molecule has 0 aromatic heterocycles. The van der Waals surface area contributed by atoms with Crippen molar-refractivity contribution in [3.05, 3.63) is 34.3 Å². The third-order valence-electron chi connectivity index (χ3n) is 2.27. The van der Waals surface area contributed by atoms with Crippen LogP contribution in [0.3, 0.4) is 0 Å². The lowest BCUT2D eigenvalue weighted by atomic mass is 9.97. The number of benzene rings is 1. The van der Waals surface area contributed by atoms with Gasteiger partial charge in [0, 0.05) is 10.0 Å². The van der Waals surface area contributed by atoms with E-state index in [0.717, 1.165) is 23.0 Å². The van der Waals surface area contributed by atoms with Gasteiger partial charge in [-0.2, -0.15) is 0 Å². The van der Waals surface area contributed by atoms with Crippen molar-refractivity contribution in [2.75, 3.05) is 6.54 Å². The van der Waals surface area contributed by atoms with Crippen molar-refractivity contribution in [1.82, 2.24) is 5.32 Å². The zero-order chi connectivity index (χ0) is 9.26. The number of carbonyl (C=O) groups excluding carboxylic acids is 1. The van der Waals surface area contributed by atoms with E-state index < -0.39 is 0 Å². The van der Waals surface area contributed by atoms with Gasteiger partial charge in [0.1, 0.15) is 0 Å². The number of carbonyl (C=O) groups is 1. The van der Waals surface area contributed by atoms with Crippen LogP contribution in [0.2, 0.25) is 0 Å². The fourth-order valence-corrected chi connectivity index (χ4v) is 1.59. The van der Waals surface area contributed by atoms with Gasteiger partial charge < -0.3 is 5.32 Å². The second-order valence-corrected chi connectivity index (χ2v) is 4.08. The molecule has 1 atom stereocenters. The van der Waals surface area contributed by atoms with E-state index in [0.29, 0.717) is 0 Å². The van der Waals surface area contributed by atoms with E-state index in [9.17, 15) is 4.79 Å². The lowest BCUT2D eigenvalue weighted by Gasteiger charge is -2.26. The molecule has 1 aromatic carbocycles. The molecule has 0 bridgehead atoms. The number of hydrogen-bond acceptors (Lipinski definition) is 2. The molecule has 1 unspecified atom stereocenters. The van der Waals surface area contributed by atoms with Crippen molar-refractivity contribution in [3.63, 3.8) is 0 Å². The average Bonchev–Trinajstić information content (AvgIpc) is 2.02. The van der Waals surface area contributed by atoms with E-state index in [2.05, 4.69) is 21.2 Å². The van der Waals surface area contributed by atoms with Crippen LogP contribution >= 0.6 is 15.9 Å². The molecule has 1 fully saturated rings. The highest BCUT2D eigenvalue weighted by Gasteiger charge is 2.24. The topological polar surface area (TPSA) is 29.1 Å². The van der Waals surface area contributed by atoms with Crippen molar-refractivity contribution >= 4 is 21.7 Å². The first-order valence-corrected chi connectivity index (χ1v) is 5.10. The minimum absolute atomic E-state index is 0.0566. The largest absolute Gasteiger partial charge is 0.307 e. The number of hydrogen-bond donors (Lipinski definition) is 1. The molecule has 13 heavy (non-hydrogen) atoms. The average molecular weight is 240 g/mol. The van der Waals surface area contributed by atoms with Gasteiger partial charge in [0.2, 0.25) is 0 Å². The summed E-state index contributed by atoms with van der Waals surface area (Å²) < 4.78 is 1.01. The van der Waals surface area contributed by atoms with E-state index in [1.165, 1.54) is 0 Å². The predicted molar refractivity (Wildman–Crippen MR) is 54.9 cm³/mol. The van der Waals surface area contributed by atoms with Crippen molar-refractivity contribution in [1.29, 1.82) is 0 Å². The number of ketones is 1. The summed E-state index contributed by atoms with van der Waals surface area (Å²) in [6, 6.07) is 7.55. The first-order chi connectivity index (χ1) is 6.27. The molecule has 0 saturated carbocycles. The Kier molecular flexibility index (Phi) is 2.47. The molecule has 0 aliphatic carbocycles. The van der Waals surface area contributed by atoms with Gasteiger partial charge in [-0.15, -0.1) is 0 Å². The predicted octanol–water partition coefficient (Wildman–Crippen LogP) is 1.99. The Morgan fingerprint density at radius 3 is 2.46 bits per heavy atom. The van der Waals surface area contributed by atoms with Crippen LogP contribution in [0.25, 0.3) is 0 Å². The summed E-state index contributed by atoms with van der Waals surface area (Å²) in [7, 11) is 0. The summed E-state index contributed by atoms with van der Waals surface area (Å²) in [4.78, 5) is 11.7. The number of halogens is 1. The lowest BCUT2D eigenvalue weighted by Crippen LogP contribution is -2.48. The maximum Gasteiger partial charge on any atom is 0.179 e. The minimum atomic E-state index is 0.0566. The van der Waals surface area contributed by atoms with Gasteiger partial charge in [-0.1, -0.05) is 28.1 Å². The number of rotatable bonds is 2. The van der Waals surface area contributed by atoms with Gasteiger partial charge in [0.05, 0.1) is 6.04 Å². The molecule has 68 valence electrons. The van der Waals surface area contributed by atoms with Crippen LogP contribution in [0, 0.1) is 0 Å². The van der Waals surface area contributed by atoms with Crippen LogP contribution < -0.4 is 5.32 Å². The molecule has 1 saturated heterocycles. The highest BCUT2D eigenvalue weighted by atomic mass is 79.9. The van der Waals surface area contributed by atoms with Gasteiger partial charge >= 0.3 is 0 Å². The lowest BCUT2D eigenvalue weighted by molar-refractivity contribution is 0.0904. The molecule has 0 radical (unpaired) electrons. The van der Waals surface area contributed by atoms with Gasteiger partial charge in [0.15, 0.2) is 5.78 Å². The Labute approximate surface area is 85.5 Å². The van der Waals surface area contributed by atoms with Gasteiger partial charge in [-0.3, -0.25) is 4.79 Å². The molecule has 3 heteroatoms. The second-order valence-electron chi connectivity index (χ2n) is 3.17. The molecular formula is C10H10BrNO. The molecule has 1 N–H and O–H groups in total. The van der Waals surface area contributed by atoms with Gasteiger partial charge in [-0.25, -0.2) is 0 Å². The molecule has 1 aliphatic rings.